The lowest BCUT2D eigenvalue weighted by atomic mass is 9.86. The Hall–Kier alpha value is -3.50. The molecule has 1 unspecified atom stereocenters. The topological polar surface area (TPSA) is 86.0 Å². The molecule has 198 valence electrons. The van der Waals surface area contributed by atoms with Crippen molar-refractivity contribution in [1.82, 2.24) is 14.3 Å². The third-order valence-electron chi connectivity index (χ3n) is 6.36. The number of ether oxygens (including phenoxy) is 1. The van der Waals surface area contributed by atoms with Crippen LogP contribution < -0.4 is 10.4 Å². The predicted octanol–water partition coefficient (Wildman–Crippen LogP) is 6.25. The van der Waals surface area contributed by atoms with Gasteiger partial charge in [0.15, 0.2) is 11.5 Å². The first-order valence-corrected chi connectivity index (χ1v) is 12.4. The van der Waals surface area contributed by atoms with Crippen LogP contribution in [0.1, 0.15) is 34.1 Å². The number of nitrogens with one attached hydrogen (secondary N) is 1. The van der Waals surface area contributed by atoms with Gasteiger partial charge in [0.05, 0.1) is 34.7 Å². The monoisotopic (exact) mass is 564 g/mol. The third kappa shape index (κ3) is 4.98. The highest BCUT2D eigenvalue weighted by Gasteiger charge is 2.40. The largest absolute Gasteiger partial charge is 0.491 e. The van der Waals surface area contributed by atoms with E-state index in [4.69, 9.17) is 37.8 Å². The van der Waals surface area contributed by atoms with E-state index >= 15 is 0 Å². The van der Waals surface area contributed by atoms with E-state index in [1.165, 1.54) is 34.0 Å². The number of rotatable bonds is 6. The molecule has 2 aromatic carbocycles. The van der Waals surface area contributed by atoms with Crippen molar-refractivity contribution in [2.24, 2.45) is 5.92 Å². The van der Waals surface area contributed by atoms with Crippen molar-refractivity contribution >= 4 is 29.0 Å². The molecule has 3 heterocycles. The fraction of sp³-hybridized carbons (Fsp3) is 0.269. The number of halogens is 5. The van der Waals surface area contributed by atoms with Crippen LogP contribution in [0.4, 0.5) is 13.2 Å². The van der Waals surface area contributed by atoms with Crippen molar-refractivity contribution in [3.8, 4) is 16.9 Å². The average Bonchev–Trinajstić information content (AvgIpc) is 3.49. The Balaban J connectivity index is 1.62. The van der Waals surface area contributed by atoms with E-state index in [9.17, 15) is 18.0 Å². The van der Waals surface area contributed by atoms with Gasteiger partial charge in [-0.05, 0) is 48.7 Å². The SMILES string of the molecule is CCn1cc(-c2cc(Cn3ccoc3=N)cc3c2OCC(Cc2ccc(Cl)c(Cl)c2)C3=O)c(C(F)(F)F)n1. The third-order valence-corrected chi connectivity index (χ3v) is 7.10. The highest BCUT2D eigenvalue weighted by atomic mass is 35.5. The molecule has 1 atom stereocenters. The van der Waals surface area contributed by atoms with Crippen molar-refractivity contribution < 1.29 is 27.1 Å². The Labute approximate surface area is 224 Å². The first-order valence-electron chi connectivity index (χ1n) is 11.7. The molecule has 2 aromatic heterocycles. The number of aryl methyl sites for hydroxylation is 1. The average molecular weight is 565 g/mol. The summed E-state index contributed by atoms with van der Waals surface area (Å²) in [6.45, 7) is 1.99. The Morgan fingerprint density at radius 3 is 2.53 bits per heavy atom. The van der Waals surface area contributed by atoms with Gasteiger partial charge < -0.3 is 9.15 Å². The van der Waals surface area contributed by atoms with Gasteiger partial charge in [-0.25, -0.2) is 0 Å². The van der Waals surface area contributed by atoms with E-state index in [-0.39, 0.29) is 53.6 Å². The van der Waals surface area contributed by atoms with Gasteiger partial charge in [0.1, 0.15) is 12.0 Å². The number of benzene rings is 2. The number of carbonyl (C=O) groups is 1. The summed E-state index contributed by atoms with van der Waals surface area (Å²) in [5, 5.41) is 12.4. The molecule has 0 spiro atoms. The molecule has 0 saturated carbocycles. The lowest BCUT2D eigenvalue weighted by Crippen LogP contribution is -2.30. The molecule has 1 aliphatic heterocycles. The van der Waals surface area contributed by atoms with Crippen molar-refractivity contribution in [1.29, 1.82) is 5.41 Å². The second-order valence-electron chi connectivity index (χ2n) is 8.93. The molecule has 1 N–H and O–H groups in total. The number of Topliss-reactive ketones (excluding diaryl/α,β-unsaturated/α-hetero) is 1. The lowest BCUT2D eigenvalue weighted by Gasteiger charge is -2.27. The molecule has 7 nitrogen and oxygen atoms in total. The summed E-state index contributed by atoms with van der Waals surface area (Å²) in [6.07, 6.45) is -0.247. The molecule has 12 heteroatoms. The van der Waals surface area contributed by atoms with Gasteiger partial charge in [-0.15, -0.1) is 0 Å². The molecule has 0 fully saturated rings. The van der Waals surface area contributed by atoms with E-state index in [1.54, 1.807) is 31.2 Å². The molecular weight excluding hydrogens is 544 g/mol. The fourth-order valence-corrected chi connectivity index (χ4v) is 4.84. The van der Waals surface area contributed by atoms with Crippen LogP contribution in [0.25, 0.3) is 11.1 Å². The zero-order chi connectivity index (χ0) is 27.2. The summed E-state index contributed by atoms with van der Waals surface area (Å²) in [5.41, 5.74) is 0.171. The van der Waals surface area contributed by atoms with E-state index in [1.807, 2.05) is 0 Å². The van der Waals surface area contributed by atoms with Gasteiger partial charge in [-0.2, -0.15) is 18.3 Å². The van der Waals surface area contributed by atoms with Crippen LogP contribution in [-0.2, 0) is 25.7 Å². The van der Waals surface area contributed by atoms with Crippen LogP contribution in [-0.4, -0.2) is 26.7 Å². The number of hydrogen-bond acceptors (Lipinski definition) is 5. The van der Waals surface area contributed by atoms with Gasteiger partial charge in [0.25, 0.3) is 5.68 Å². The van der Waals surface area contributed by atoms with Crippen LogP contribution in [0.15, 0.2) is 53.4 Å². The second-order valence-corrected chi connectivity index (χ2v) is 9.74. The maximum Gasteiger partial charge on any atom is 0.435 e. The predicted molar refractivity (Wildman–Crippen MR) is 133 cm³/mol. The maximum atomic E-state index is 14.0. The van der Waals surface area contributed by atoms with Gasteiger partial charge in [0.2, 0.25) is 0 Å². The lowest BCUT2D eigenvalue weighted by molar-refractivity contribution is -0.141. The Morgan fingerprint density at radius 2 is 1.87 bits per heavy atom. The van der Waals surface area contributed by atoms with E-state index in [0.29, 0.717) is 22.0 Å². The smallest absolute Gasteiger partial charge is 0.435 e. The number of fused-ring (bicyclic) bond motifs is 1. The number of alkyl halides is 3. The van der Waals surface area contributed by atoms with Gasteiger partial charge in [-0.3, -0.25) is 19.5 Å². The molecular formula is C26H21Cl2F3N4O3. The van der Waals surface area contributed by atoms with Crippen molar-refractivity contribution in [3.63, 3.8) is 0 Å². The Morgan fingerprint density at radius 1 is 1.11 bits per heavy atom. The van der Waals surface area contributed by atoms with E-state index in [0.717, 1.165) is 5.56 Å². The number of ketones is 1. The number of oxazole rings is 1. The first-order chi connectivity index (χ1) is 18.0. The zero-order valence-electron chi connectivity index (χ0n) is 20.0. The van der Waals surface area contributed by atoms with Gasteiger partial charge in [0, 0.05) is 30.1 Å². The van der Waals surface area contributed by atoms with Crippen LogP contribution in [0.5, 0.6) is 5.75 Å². The molecule has 5 rings (SSSR count). The molecule has 0 amide bonds. The molecule has 1 aliphatic rings. The zero-order valence-corrected chi connectivity index (χ0v) is 21.5. The molecule has 38 heavy (non-hydrogen) atoms. The summed E-state index contributed by atoms with van der Waals surface area (Å²) >= 11 is 12.1. The highest BCUT2D eigenvalue weighted by Crippen LogP contribution is 2.44. The number of nitrogens with zero attached hydrogens (tertiary/aromatic N) is 3. The summed E-state index contributed by atoms with van der Waals surface area (Å²) in [4.78, 5) is 13.7. The number of hydrogen-bond donors (Lipinski definition) is 1. The number of carbonyl (C=O) groups excluding carboxylic acids is 1. The summed E-state index contributed by atoms with van der Waals surface area (Å²) in [6, 6.07) is 8.21. The Bertz CT molecular complexity index is 1590. The maximum absolute atomic E-state index is 14.0. The molecule has 0 aliphatic carbocycles. The normalized spacial score (nSPS) is 15.4. The summed E-state index contributed by atoms with van der Waals surface area (Å²) < 4.78 is 55.6. The molecule has 4 aromatic rings. The van der Waals surface area contributed by atoms with E-state index < -0.39 is 17.8 Å². The minimum Gasteiger partial charge on any atom is -0.491 e. The van der Waals surface area contributed by atoms with Crippen LogP contribution in [0.3, 0.4) is 0 Å². The summed E-state index contributed by atoms with van der Waals surface area (Å²) in [7, 11) is 0. The van der Waals surface area contributed by atoms with Crippen molar-refractivity contribution in [2.45, 2.75) is 32.6 Å². The first kappa shape index (κ1) is 26.1. The van der Waals surface area contributed by atoms with Crippen molar-refractivity contribution in [3.05, 3.63) is 87.1 Å². The summed E-state index contributed by atoms with van der Waals surface area (Å²) in [5.74, 6) is -0.773. The minimum absolute atomic E-state index is 0.0188. The van der Waals surface area contributed by atoms with Gasteiger partial charge in [-0.1, -0.05) is 29.3 Å². The molecule has 0 saturated heterocycles. The van der Waals surface area contributed by atoms with Crippen LogP contribution >= 0.6 is 23.2 Å². The van der Waals surface area contributed by atoms with Crippen LogP contribution in [0, 0.1) is 11.3 Å². The number of aromatic nitrogens is 3. The quantitative estimate of drug-likeness (QED) is 0.300. The fourth-order valence-electron chi connectivity index (χ4n) is 4.52. The second kappa shape index (κ2) is 9.99. The van der Waals surface area contributed by atoms with Crippen LogP contribution in [0.2, 0.25) is 10.0 Å². The molecule has 0 bridgehead atoms. The Kier molecular flexibility index (Phi) is 6.87. The van der Waals surface area contributed by atoms with Gasteiger partial charge >= 0.3 is 6.18 Å². The van der Waals surface area contributed by atoms with E-state index in [2.05, 4.69) is 5.10 Å². The van der Waals surface area contributed by atoms with Crippen molar-refractivity contribution in [2.75, 3.05) is 6.61 Å². The molecule has 0 radical (unpaired) electrons. The minimum atomic E-state index is -4.72. The standard InChI is InChI=1S/C26H21Cl2F3N4O3/c1-2-35-12-19(24(33-35)26(29,30)31)17-8-15(11-34-5-6-37-25(34)32)9-18-22(36)16(13-38-23(17)18)7-14-3-4-20(27)21(28)10-14/h3-6,8-10,12,16,32H,2,7,11,13H2,1H3. The highest BCUT2D eigenvalue weighted by molar-refractivity contribution is 6.42.